The van der Waals surface area contributed by atoms with Gasteiger partial charge in [-0.1, -0.05) is 0 Å². The molecule has 2 N–H and O–H groups in total. The second-order valence-electron chi connectivity index (χ2n) is 4.39. The fourth-order valence-corrected chi connectivity index (χ4v) is 1.74. The first-order valence-corrected chi connectivity index (χ1v) is 6.04. The van der Waals surface area contributed by atoms with Crippen LogP contribution in [0.2, 0.25) is 0 Å². The number of carbonyl (C=O) groups excluding carboxylic acids is 1. The molecule has 2 heterocycles. The molecule has 0 aliphatic heterocycles. The molecule has 0 saturated carbocycles. The third kappa shape index (κ3) is 3.94. The lowest BCUT2D eigenvalue weighted by molar-refractivity contribution is -0.137. The molecular formula is C12H15N5O3. The Bertz CT molecular complexity index is 616. The highest BCUT2D eigenvalue weighted by molar-refractivity contribution is 5.90. The van der Waals surface area contributed by atoms with Crippen molar-refractivity contribution in [2.24, 2.45) is 7.05 Å². The summed E-state index contributed by atoms with van der Waals surface area (Å²) in [5.74, 6) is -1.13. The predicted octanol–water partition coefficient (Wildman–Crippen LogP) is 0.272. The van der Waals surface area contributed by atoms with Crippen LogP contribution >= 0.6 is 0 Å². The van der Waals surface area contributed by atoms with E-state index in [9.17, 15) is 9.59 Å². The van der Waals surface area contributed by atoms with Gasteiger partial charge >= 0.3 is 5.97 Å². The van der Waals surface area contributed by atoms with E-state index in [0.29, 0.717) is 18.5 Å². The van der Waals surface area contributed by atoms with E-state index in [1.807, 2.05) is 13.2 Å². The fourth-order valence-electron chi connectivity index (χ4n) is 1.74. The molecular weight excluding hydrogens is 262 g/mol. The van der Waals surface area contributed by atoms with Crippen LogP contribution < -0.4 is 5.32 Å². The van der Waals surface area contributed by atoms with Gasteiger partial charge in [-0.15, -0.1) is 0 Å². The number of nitrogens with one attached hydrogen (secondary N) is 1. The summed E-state index contributed by atoms with van der Waals surface area (Å²) in [7, 11) is 1.82. The third-order valence-corrected chi connectivity index (χ3v) is 2.61. The van der Waals surface area contributed by atoms with Crippen molar-refractivity contribution in [2.45, 2.75) is 19.4 Å². The number of carboxylic acid groups (broad SMARTS) is 1. The second-order valence-corrected chi connectivity index (χ2v) is 4.39. The van der Waals surface area contributed by atoms with Crippen LogP contribution in [0.4, 0.5) is 5.69 Å². The molecule has 8 heteroatoms. The molecule has 0 aromatic carbocycles. The van der Waals surface area contributed by atoms with Crippen molar-refractivity contribution in [3.05, 3.63) is 30.4 Å². The van der Waals surface area contributed by atoms with Crippen LogP contribution in [0.3, 0.4) is 0 Å². The van der Waals surface area contributed by atoms with Crippen molar-refractivity contribution < 1.29 is 14.7 Å². The maximum absolute atomic E-state index is 11.7. The first kappa shape index (κ1) is 13.8. The number of rotatable bonds is 6. The van der Waals surface area contributed by atoms with Crippen LogP contribution in [0, 0.1) is 0 Å². The molecule has 2 rings (SSSR count). The SMILES string of the molecule is Cn1cc(CCC(=O)Nc2cnn(CC(=O)O)c2)cn1. The Labute approximate surface area is 115 Å². The van der Waals surface area contributed by atoms with Crippen LogP contribution in [0.15, 0.2) is 24.8 Å². The first-order chi connectivity index (χ1) is 9.52. The summed E-state index contributed by atoms with van der Waals surface area (Å²) in [5.41, 5.74) is 1.48. The molecule has 0 bridgehead atoms. The summed E-state index contributed by atoms with van der Waals surface area (Å²) in [6, 6.07) is 0. The summed E-state index contributed by atoms with van der Waals surface area (Å²) in [6.07, 6.45) is 7.41. The fraction of sp³-hybridized carbons (Fsp3) is 0.333. The number of anilines is 1. The topological polar surface area (TPSA) is 102 Å². The van der Waals surface area contributed by atoms with Crippen LogP contribution in [-0.4, -0.2) is 36.5 Å². The van der Waals surface area contributed by atoms with E-state index in [1.165, 1.54) is 17.1 Å². The monoisotopic (exact) mass is 277 g/mol. The quantitative estimate of drug-likeness (QED) is 0.789. The number of hydrogen-bond acceptors (Lipinski definition) is 4. The molecule has 20 heavy (non-hydrogen) atoms. The van der Waals surface area contributed by atoms with Crippen molar-refractivity contribution in [1.29, 1.82) is 0 Å². The number of hydrogen-bond donors (Lipinski definition) is 2. The van der Waals surface area contributed by atoms with Crippen molar-refractivity contribution in [3.8, 4) is 0 Å². The highest BCUT2D eigenvalue weighted by Crippen LogP contribution is 2.07. The van der Waals surface area contributed by atoms with Crippen LogP contribution in [0.5, 0.6) is 0 Å². The van der Waals surface area contributed by atoms with Gasteiger partial charge in [0, 0.05) is 25.9 Å². The molecule has 0 fully saturated rings. The van der Waals surface area contributed by atoms with Crippen LogP contribution in [0.1, 0.15) is 12.0 Å². The number of carbonyl (C=O) groups is 2. The van der Waals surface area contributed by atoms with Gasteiger partial charge in [0.25, 0.3) is 0 Å². The van der Waals surface area contributed by atoms with E-state index in [4.69, 9.17) is 5.11 Å². The van der Waals surface area contributed by atoms with Gasteiger partial charge in [-0.3, -0.25) is 19.0 Å². The highest BCUT2D eigenvalue weighted by atomic mass is 16.4. The molecule has 0 spiro atoms. The number of aromatic nitrogens is 4. The summed E-state index contributed by atoms with van der Waals surface area (Å²) in [5, 5.41) is 19.1. The zero-order valence-corrected chi connectivity index (χ0v) is 11.0. The smallest absolute Gasteiger partial charge is 0.325 e. The minimum Gasteiger partial charge on any atom is -0.480 e. The molecule has 0 aliphatic rings. The Balaban J connectivity index is 1.82. The molecule has 2 aromatic heterocycles. The second kappa shape index (κ2) is 6.00. The number of carboxylic acids is 1. The molecule has 106 valence electrons. The summed E-state index contributed by atoms with van der Waals surface area (Å²) >= 11 is 0. The molecule has 0 atom stereocenters. The Morgan fingerprint density at radius 2 is 2.10 bits per heavy atom. The van der Waals surface area contributed by atoms with Gasteiger partial charge in [-0.25, -0.2) is 0 Å². The lowest BCUT2D eigenvalue weighted by atomic mass is 10.2. The van der Waals surface area contributed by atoms with Gasteiger partial charge in [-0.05, 0) is 12.0 Å². The minimum atomic E-state index is -0.984. The molecule has 0 aliphatic carbocycles. The Morgan fingerprint density at radius 1 is 1.30 bits per heavy atom. The molecule has 1 amide bonds. The van der Waals surface area contributed by atoms with Gasteiger partial charge in [0.05, 0.1) is 18.1 Å². The number of aryl methyl sites for hydroxylation is 2. The van der Waals surface area contributed by atoms with E-state index < -0.39 is 5.97 Å². The highest BCUT2D eigenvalue weighted by Gasteiger charge is 2.07. The average molecular weight is 277 g/mol. The largest absolute Gasteiger partial charge is 0.480 e. The van der Waals surface area contributed by atoms with Crippen LogP contribution in [0.25, 0.3) is 0 Å². The van der Waals surface area contributed by atoms with Gasteiger partial charge < -0.3 is 10.4 Å². The Morgan fingerprint density at radius 3 is 2.75 bits per heavy atom. The first-order valence-electron chi connectivity index (χ1n) is 6.04. The molecule has 0 saturated heterocycles. The zero-order valence-electron chi connectivity index (χ0n) is 11.0. The van der Waals surface area contributed by atoms with Gasteiger partial charge in [0.15, 0.2) is 0 Å². The summed E-state index contributed by atoms with van der Waals surface area (Å²) < 4.78 is 2.93. The average Bonchev–Trinajstić information content (AvgIpc) is 2.95. The molecule has 0 unspecified atom stereocenters. The van der Waals surface area contributed by atoms with Gasteiger partial charge in [0.2, 0.25) is 5.91 Å². The van der Waals surface area contributed by atoms with E-state index in [-0.39, 0.29) is 12.5 Å². The van der Waals surface area contributed by atoms with Gasteiger partial charge in [0.1, 0.15) is 6.54 Å². The van der Waals surface area contributed by atoms with Crippen molar-refractivity contribution in [1.82, 2.24) is 19.6 Å². The minimum absolute atomic E-state index is 0.149. The maximum atomic E-state index is 11.7. The number of aliphatic carboxylic acids is 1. The van der Waals surface area contributed by atoms with E-state index in [2.05, 4.69) is 15.5 Å². The number of amides is 1. The lowest BCUT2D eigenvalue weighted by Gasteiger charge is -2.01. The predicted molar refractivity (Wildman–Crippen MR) is 70.0 cm³/mol. The van der Waals surface area contributed by atoms with Crippen molar-refractivity contribution in [3.63, 3.8) is 0 Å². The molecule has 2 aromatic rings. The normalized spacial score (nSPS) is 10.4. The molecule has 0 radical (unpaired) electrons. The van der Waals surface area contributed by atoms with E-state index in [0.717, 1.165) is 5.56 Å². The summed E-state index contributed by atoms with van der Waals surface area (Å²) in [4.78, 5) is 22.2. The van der Waals surface area contributed by atoms with Gasteiger partial charge in [-0.2, -0.15) is 10.2 Å². The van der Waals surface area contributed by atoms with E-state index >= 15 is 0 Å². The standard InChI is InChI=1S/C12H15N5O3/c1-16-6-9(4-13-16)2-3-11(18)15-10-5-14-17(7-10)8-12(19)20/h4-7H,2-3,8H2,1H3,(H,15,18)(H,19,20). The van der Waals surface area contributed by atoms with E-state index in [1.54, 1.807) is 10.9 Å². The van der Waals surface area contributed by atoms with Crippen molar-refractivity contribution in [2.75, 3.05) is 5.32 Å². The summed E-state index contributed by atoms with van der Waals surface area (Å²) in [6.45, 7) is -0.231. The van der Waals surface area contributed by atoms with Crippen molar-refractivity contribution >= 4 is 17.6 Å². The lowest BCUT2D eigenvalue weighted by Crippen LogP contribution is -2.12. The Kier molecular flexibility index (Phi) is 4.14. The zero-order chi connectivity index (χ0) is 14.5. The number of nitrogens with zero attached hydrogens (tertiary/aromatic N) is 4. The third-order valence-electron chi connectivity index (χ3n) is 2.61. The van der Waals surface area contributed by atoms with Crippen LogP contribution in [-0.2, 0) is 29.6 Å². The maximum Gasteiger partial charge on any atom is 0.325 e. The molecule has 8 nitrogen and oxygen atoms in total. The Hall–Kier alpha value is -2.64.